The molecule has 5 nitrogen and oxygen atoms in total. The van der Waals surface area contributed by atoms with Crippen molar-refractivity contribution in [2.75, 3.05) is 31.1 Å². The monoisotopic (exact) mass is 424 g/mol. The first kappa shape index (κ1) is 17.9. The third-order valence-electron chi connectivity index (χ3n) is 4.98. The van der Waals surface area contributed by atoms with Crippen LogP contribution in [0.2, 0.25) is 0 Å². The third kappa shape index (κ3) is 3.95. The predicted molar refractivity (Wildman–Crippen MR) is 111 cm³/mol. The Morgan fingerprint density at radius 3 is 2.52 bits per heavy atom. The van der Waals surface area contributed by atoms with E-state index in [0.717, 1.165) is 39.8 Å². The number of anilines is 1. The summed E-state index contributed by atoms with van der Waals surface area (Å²) in [6, 6.07) is 14.2. The average Bonchev–Trinajstić information content (AvgIpc) is 2.69. The van der Waals surface area contributed by atoms with Crippen LogP contribution < -0.4 is 4.90 Å². The molecule has 4 rings (SSSR count). The van der Waals surface area contributed by atoms with Gasteiger partial charge in [-0.25, -0.2) is 9.97 Å². The summed E-state index contributed by atoms with van der Waals surface area (Å²) in [4.78, 5) is 25.7. The van der Waals surface area contributed by atoms with Crippen LogP contribution in [-0.2, 0) is 11.2 Å². The molecule has 0 unspecified atom stereocenters. The molecular formula is C21H21BrN4O. The number of nitrogens with zero attached hydrogens (tertiary/aromatic N) is 4. The number of aryl methyl sites for hydroxylation is 1. The lowest BCUT2D eigenvalue weighted by molar-refractivity contribution is -0.130. The first-order valence-corrected chi connectivity index (χ1v) is 9.88. The summed E-state index contributed by atoms with van der Waals surface area (Å²) in [5.41, 5.74) is 3.21. The molecule has 0 aliphatic carbocycles. The Balaban J connectivity index is 1.44. The molecule has 2 heterocycles. The van der Waals surface area contributed by atoms with Crippen LogP contribution in [0.5, 0.6) is 0 Å². The Bertz CT molecular complexity index is 966. The van der Waals surface area contributed by atoms with E-state index in [-0.39, 0.29) is 5.91 Å². The molecule has 1 amide bonds. The van der Waals surface area contributed by atoms with Crippen LogP contribution in [0.1, 0.15) is 11.1 Å². The first-order chi connectivity index (χ1) is 13.1. The second-order valence-electron chi connectivity index (χ2n) is 6.89. The minimum Gasteiger partial charge on any atom is -0.352 e. The minimum atomic E-state index is 0.189. The van der Waals surface area contributed by atoms with Gasteiger partial charge in [-0.1, -0.05) is 45.8 Å². The van der Waals surface area contributed by atoms with E-state index in [9.17, 15) is 4.79 Å². The summed E-state index contributed by atoms with van der Waals surface area (Å²) < 4.78 is 1.01. The van der Waals surface area contributed by atoms with Crippen molar-refractivity contribution in [1.29, 1.82) is 0 Å². The van der Waals surface area contributed by atoms with E-state index in [1.54, 1.807) is 6.33 Å². The fourth-order valence-corrected chi connectivity index (χ4v) is 3.79. The summed E-state index contributed by atoms with van der Waals surface area (Å²) in [5, 5.41) is 1.03. The number of piperazine rings is 1. The standard InChI is InChI=1S/C21H21BrN4O/c1-15-2-4-16(5-3-15)12-20(27)25-8-10-26(11-9-25)21-18-13-17(22)6-7-19(18)23-14-24-21/h2-7,13-14H,8-12H2,1H3. The highest BCUT2D eigenvalue weighted by Crippen LogP contribution is 2.26. The van der Waals surface area contributed by atoms with E-state index in [2.05, 4.69) is 55.9 Å². The Hall–Kier alpha value is -2.47. The van der Waals surface area contributed by atoms with Gasteiger partial charge in [-0.05, 0) is 30.7 Å². The minimum absolute atomic E-state index is 0.189. The van der Waals surface area contributed by atoms with Crippen molar-refractivity contribution in [1.82, 2.24) is 14.9 Å². The van der Waals surface area contributed by atoms with Crippen LogP contribution in [0.4, 0.5) is 5.82 Å². The van der Waals surface area contributed by atoms with Crippen molar-refractivity contribution in [3.05, 3.63) is 64.4 Å². The zero-order chi connectivity index (χ0) is 18.8. The smallest absolute Gasteiger partial charge is 0.227 e. The van der Waals surface area contributed by atoms with Gasteiger partial charge in [0.25, 0.3) is 0 Å². The number of fused-ring (bicyclic) bond motifs is 1. The number of aromatic nitrogens is 2. The van der Waals surface area contributed by atoms with Crippen molar-refractivity contribution in [2.24, 2.45) is 0 Å². The van der Waals surface area contributed by atoms with Crippen LogP contribution in [-0.4, -0.2) is 47.0 Å². The third-order valence-corrected chi connectivity index (χ3v) is 5.48. The molecule has 0 saturated carbocycles. The topological polar surface area (TPSA) is 49.3 Å². The molecule has 27 heavy (non-hydrogen) atoms. The molecule has 2 aromatic carbocycles. The highest BCUT2D eigenvalue weighted by Gasteiger charge is 2.23. The second-order valence-corrected chi connectivity index (χ2v) is 7.80. The molecule has 138 valence electrons. The van der Waals surface area contributed by atoms with Crippen molar-refractivity contribution in [3.8, 4) is 0 Å². The van der Waals surface area contributed by atoms with Crippen LogP contribution in [0, 0.1) is 6.92 Å². The van der Waals surface area contributed by atoms with E-state index < -0.39 is 0 Å². The van der Waals surface area contributed by atoms with Gasteiger partial charge in [0.15, 0.2) is 0 Å². The lowest BCUT2D eigenvalue weighted by Gasteiger charge is -2.35. The molecule has 1 aliphatic heterocycles. The van der Waals surface area contributed by atoms with E-state index >= 15 is 0 Å². The molecule has 6 heteroatoms. The zero-order valence-electron chi connectivity index (χ0n) is 15.2. The van der Waals surface area contributed by atoms with Gasteiger partial charge in [-0.15, -0.1) is 0 Å². The number of halogens is 1. The molecule has 0 spiro atoms. The van der Waals surface area contributed by atoms with Crippen molar-refractivity contribution in [2.45, 2.75) is 13.3 Å². The Morgan fingerprint density at radius 1 is 1.04 bits per heavy atom. The molecule has 1 fully saturated rings. The summed E-state index contributed by atoms with van der Waals surface area (Å²) in [5.74, 6) is 1.13. The average molecular weight is 425 g/mol. The van der Waals surface area contributed by atoms with Gasteiger partial charge in [0.05, 0.1) is 11.9 Å². The van der Waals surface area contributed by atoms with Crippen LogP contribution in [0.3, 0.4) is 0 Å². The molecule has 1 aliphatic rings. The number of benzene rings is 2. The fourth-order valence-electron chi connectivity index (χ4n) is 3.43. The highest BCUT2D eigenvalue weighted by atomic mass is 79.9. The molecule has 0 bridgehead atoms. The molecule has 1 saturated heterocycles. The number of hydrogen-bond acceptors (Lipinski definition) is 4. The Labute approximate surface area is 167 Å². The van der Waals surface area contributed by atoms with Gasteiger partial charge >= 0.3 is 0 Å². The first-order valence-electron chi connectivity index (χ1n) is 9.09. The van der Waals surface area contributed by atoms with Crippen molar-refractivity contribution < 1.29 is 4.79 Å². The highest BCUT2D eigenvalue weighted by molar-refractivity contribution is 9.10. The van der Waals surface area contributed by atoms with Gasteiger partial charge < -0.3 is 9.80 Å². The maximum Gasteiger partial charge on any atom is 0.227 e. The van der Waals surface area contributed by atoms with Crippen LogP contribution >= 0.6 is 15.9 Å². The summed E-state index contributed by atoms with van der Waals surface area (Å²) in [7, 11) is 0. The molecule has 1 aromatic heterocycles. The molecule has 0 N–H and O–H groups in total. The number of hydrogen-bond donors (Lipinski definition) is 0. The normalized spacial score (nSPS) is 14.6. The van der Waals surface area contributed by atoms with E-state index in [4.69, 9.17) is 0 Å². The lowest BCUT2D eigenvalue weighted by Crippen LogP contribution is -2.49. The summed E-state index contributed by atoms with van der Waals surface area (Å²) in [6.07, 6.45) is 2.07. The van der Waals surface area contributed by atoms with E-state index in [1.807, 2.05) is 29.2 Å². The maximum atomic E-state index is 12.6. The SMILES string of the molecule is Cc1ccc(CC(=O)N2CCN(c3ncnc4ccc(Br)cc34)CC2)cc1. The zero-order valence-corrected chi connectivity index (χ0v) is 16.8. The lowest BCUT2D eigenvalue weighted by atomic mass is 10.1. The predicted octanol–water partition coefficient (Wildman–Crippen LogP) is 3.59. The van der Waals surface area contributed by atoms with Gasteiger partial charge in [0.1, 0.15) is 12.1 Å². The number of carbonyl (C=O) groups excluding carboxylic acids is 1. The second kappa shape index (κ2) is 7.64. The molecule has 0 atom stereocenters. The Kier molecular flexibility index (Phi) is 5.07. The number of rotatable bonds is 3. The number of carbonyl (C=O) groups is 1. The quantitative estimate of drug-likeness (QED) is 0.644. The molecule has 0 radical (unpaired) electrons. The van der Waals surface area contributed by atoms with Gasteiger partial charge in [-0.2, -0.15) is 0 Å². The van der Waals surface area contributed by atoms with Crippen molar-refractivity contribution in [3.63, 3.8) is 0 Å². The van der Waals surface area contributed by atoms with Crippen LogP contribution in [0.15, 0.2) is 53.3 Å². The van der Waals surface area contributed by atoms with Gasteiger partial charge in [0.2, 0.25) is 5.91 Å². The van der Waals surface area contributed by atoms with Crippen LogP contribution in [0.25, 0.3) is 10.9 Å². The maximum absolute atomic E-state index is 12.6. The largest absolute Gasteiger partial charge is 0.352 e. The van der Waals surface area contributed by atoms with Gasteiger partial charge in [0, 0.05) is 36.0 Å². The summed E-state index contributed by atoms with van der Waals surface area (Å²) >= 11 is 3.53. The van der Waals surface area contributed by atoms with Gasteiger partial charge in [-0.3, -0.25) is 4.79 Å². The van der Waals surface area contributed by atoms with Crippen molar-refractivity contribution >= 4 is 38.6 Å². The molecular weight excluding hydrogens is 404 g/mol. The Morgan fingerprint density at radius 2 is 1.78 bits per heavy atom. The number of amides is 1. The fraction of sp³-hybridized carbons (Fsp3) is 0.286. The van der Waals surface area contributed by atoms with E-state index in [1.165, 1.54) is 5.56 Å². The van der Waals surface area contributed by atoms with E-state index in [0.29, 0.717) is 19.5 Å². The molecule has 3 aromatic rings. The summed E-state index contributed by atoms with van der Waals surface area (Å²) in [6.45, 7) is 5.03.